The maximum absolute atomic E-state index is 12.0. The van der Waals surface area contributed by atoms with Crippen molar-refractivity contribution in [1.82, 2.24) is 4.98 Å². The van der Waals surface area contributed by atoms with E-state index in [4.69, 9.17) is 15.2 Å². The van der Waals surface area contributed by atoms with Gasteiger partial charge >= 0.3 is 5.97 Å². The zero-order chi connectivity index (χ0) is 16.0. The standard InChI is InChI=1S/C17H20N2O3S/c1-21-15(20)10-6-12(14-13(7-10)23-16(18)19-14)11-8-17(9-11)2-4-22-5-3-17/h6-7,11H,2-5,8-9H2,1H3,(H2,18,19). The summed E-state index contributed by atoms with van der Waals surface area (Å²) in [5.74, 6) is 0.141. The Morgan fingerprint density at radius 3 is 2.83 bits per heavy atom. The Labute approximate surface area is 138 Å². The fourth-order valence-electron chi connectivity index (χ4n) is 4.04. The van der Waals surface area contributed by atoms with Crippen LogP contribution in [-0.4, -0.2) is 31.3 Å². The van der Waals surface area contributed by atoms with E-state index in [1.54, 1.807) is 0 Å². The second-order valence-electron chi connectivity index (χ2n) is 6.67. The molecule has 1 aromatic heterocycles. The van der Waals surface area contributed by atoms with Crippen LogP contribution in [0.5, 0.6) is 0 Å². The largest absolute Gasteiger partial charge is 0.465 e. The average Bonchev–Trinajstić information content (AvgIpc) is 2.91. The van der Waals surface area contributed by atoms with Crippen molar-refractivity contribution in [2.75, 3.05) is 26.1 Å². The highest BCUT2D eigenvalue weighted by Gasteiger charge is 2.46. The lowest BCUT2D eigenvalue weighted by Crippen LogP contribution is -2.40. The van der Waals surface area contributed by atoms with Gasteiger partial charge in [0.1, 0.15) is 0 Å². The Bertz CT molecular complexity index is 757. The molecule has 1 aliphatic carbocycles. The summed E-state index contributed by atoms with van der Waals surface area (Å²) in [5.41, 5.74) is 9.00. The van der Waals surface area contributed by atoms with E-state index in [2.05, 4.69) is 4.98 Å². The highest BCUT2D eigenvalue weighted by molar-refractivity contribution is 7.22. The Hall–Kier alpha value is -1.66. The maximum Gasteiger partial charge on any atom is 0.337 e. The molecule has 0 atom stereocenters. The molecule has 2 N–H and O–H groups in total. The molecule has 0 unspecified atom stereocenters. The number of nitrogens with zero attached hydrogens (tertiary/aromatic N) is 1. The molecule has 4 rings (SSSR count). The first-order valence-corrected chi connectivity index (χ1v) is 8.78. The molecule has 1 spiro atoms. The molecule has 0 amide bonds. The minimum atomic E-state index is -0.305. The second-order valence-corrected chi connectivity index (χ2v) is 7.74. The zero-order valence-corrected chi connectivity index (χ0v) is 13.9. The topological polar surface area (TPSA) is 74.4 Å². The molecule has 0 bridgehead atoms. The van der Waals surface area contributed by atoms with Crippen molar-refractivity contribution in [2.45, 2.75) is 31.6 Å². The number of thiazole rings is 1. The second kappa shape index (κ2) is 5.46. The molecular formula is C17H20N2O3S. The average molecular weight is 332 g/mol. The van der Waals surface area contributed by atoms with Crippen LogP contribution in [0.25, 0.3) is 10.2 Å². The first-order valence-electron chi connectivity index (χ1n) is 7.96. The number of aromatic nitrogens is 1. The number of rotatable bonds is 2. The number of benzene rings is 1. The van der Waals surface area contributed by atoms with E-state index >= 15 is 0 Å². The molecule has 6 heteroatoms. The molecular weight excluding hydrogens is 312 g/mol. The van der Waals surface area contributed by atoms with Crippen molar-refractivity contribution in [3.05, 3.63) is 23.3 Å². The molecule has 0 radical (unpaired) electrons. The Morgan fingerprint density at radius 1 is 1.39 bits per heavy atom. The minimum Gasteiger partial charge on any atom is -0.465 e. The SMILES string of the molecule is COC(=O)c1cc(C2CC3(CCOCC3)C2)c2nc(N)sc2c1. The van der Waals surface area contributed by atoms with Gasteiger partial charge in [0.15, 0.2) is 5.13 Å². The molecule has 2 aromatic rings. The molecule has 1 saturated carbocycles. The number of hydrogen-bond donors (Lipinski definition) is 1. The van der Waals surface area contributed by atoms with E-state index in [1.165, 1.54) is 18.4 Å². The summed E-state index contributed by atoms with van der Waals surface area (Å²) < 4.78 is 11.3. The Kier molecular flexibility index (Phi) is 3.54. The lowest BCUT2D eigenvalue weighted by molar-refractivity contribution is -0.0395. The van der Waals surface area contributed by atoms with Gasteiger partial charge in [-0.15, -0.1) is 0 Å². The number of nitrogens with two attached hydrogens (primary N) is 1. The summed E-state index contributed by atoms with van der Waals surface area (Å²) in [6, 6.07) is 3.78. The number of fused-ring (bicyclic) bond motifs is 1. The smallest absolute Gasteiger partial charge is 0.337 e. The molecule has 2 fully saturated rings. The van der Waals surface area contributed by atoms with E-state index in [0.29, 0.717) is 22.0 Å². The van der Waals surface area contributed by atoms with Crippen LogP contribution in [-0.2, 0) is 9.47 Å². The van der Waals surface area contributed by atoms with E-state index in [-0.39, 0.29) is 5.97 Å². The van der Waals surface area contributed by atoms with E-state index in [1.807, 2.05) is 12.1 Å². The fourth-order valence-corrected chi connectivity index (χ4v) is 4.85. The lowest BCUT2D eigenvalue weighted by Gasteiger charge is -2.50. The van der Waals surface area contributed by atoms with Gasteiger partial charge < -0.3 is 15.2 Å². The van der Waals surface area contributed by atoms with Gasteiger partial charge in [-0.25, -0.2) is 9.78 Å². The van der Waals surface area contributed by atoms with Gasteiger partial charge in [-0.2, -0.15) is 0 Å². The molecule has 2 aliphatic rings. The van der Waals surface area contributed by atoms with Gasteiger partial charge in [-0.05, 0) is 54.7 Å². The molecule has 5 nitrogen and oxygen atoms in total. The molecule has 122 valence electrons. The van der Waals surface area contributed by atoms with Crippen LogP contribution in [0, 0.1) is 5.41 Å². The number of ether oxygens (including phenoxy) is 2. The monoisotopic (exact) mass is 332 g/mol. The third kappa shape index (κ3) is 2.50. The third-order valence-electron chi connectivity index (χ3n) is 5.31. The molecule has 23 heavy (non-hydrogen) atoms. The predicted molar refractivity (Wildman–Crippen MR) is 89.8 cm³/mol. The van der Waals surface area contributed by atoms with Crippen LogP contribution in [0.15, 0.2) is 12.1 Å². The van der Waals surface area contributed by atoms with Crippen molar-refractivity contribution in [1.29, 1.82) is 0 Å². The lowest BCUT2D eigenvalue weighted by atomic mass is 9.56. The third-order valence-corrected chi connectivity index (χ3v) is 6.15. The molecule has 1 saturated heterocycles. The van der Waals surface area contributed by atoms with Gasteiger partial charge in [0.05, 0.1) is 22.9 Å². The Morgan fingerprint density at radius 2 is 2.13 bits per heavy atom. The number of methoxy groups -OCH3 is 1. The highest BCUT2D eigenvalue weighted by atomic mass is 32.1. The number of carbonyl (C=O) groups excluding carboxylic acids is 1. The van der Waals surface area contributed by atoms with Crippen LogP contribution in [0.2, 0.25) is 0 Å². The van der Waals surface area contributed by atoms with Crippen LogP contribution in [0.4, 0.5) is 5.13 Å². The van der Waals surface area contributed by atoms with Crippen LogP contribution in [0.1, 0.15) is 47.5 Å². The van der Waals surface area contributed by atoms with Crippen molar-refractivity contribution in [3.8, 4) is 0 Å². The number of anilines is 1. The van der Waals surface area contributed by atoms with Crippen LogP contribution in [0.3, 0.4) is 0 Å². The Balaban J connectivity index is 1.70. The quantitative estimate of drug-likeness (QED) is 0.854. The fraction of sp³-hybridized carbons (Fsp3) is 0.529. The van der Waals surface area contributed by atoms with Gasteiger partial charge in [-0.3, -0.25) is 0 Å². The summed E-state index contributed by atoms with van der Waals surface area (Å²) in [6.07, 6.45) is 4.58. The van der Waals surface area contributed by atoms with Crippen LogP contribution < -0.4 is 5.73 Å². The molecule has 1 aromatic carbocycles. The van der Waals surface area contributed by atoms with Gasteiger partial charge in [0, 0.05) is 13.2 Å². The number of nitrogen functional groups attached to an aromatic ring is 1. The molecule has 1 aliphatic heterocycles. The minimum absolute atomic E-state index is 0.305. The van der Waals surface area contributed by atoms with Gasteiger partial charge in [-0.1, -0.05) is 11.3 Å². The number of hydrogen-bond acceptors (Lipinski definition) is 6. The first-order chi connectivity index (χ1) is 11.1. The summed E-state index contributed by atoms with van der Waals surface area (Å²) in [5, 5.41) is 0.545. The summed E-state index contributed by atoms with van der Waals surface area (Å²) in [6.45, 7) is 1.74. The summed E-state index contributed by atoms with van der Waals surface area (Å²) >= 11 is 1.43. The van der Waals surface area contributed by atoms with Crippen molar-refractivity contribution in [3.63, 3.8) is 0 Å². The summed E-state index contributed by atoms with van der Waals surface area (Å²) in [7, 11) is 1.41. The maximum atomic E-state index is 12.0. The number of carbonyl (C=O) groups is 1. The first kappa shape index (κ1) is 14.9. The van der Waals surface area contributed by atoms with Gasteiger partial charge in [0.25, 0.3) is 0 Å². The van der Waals surface area contributed by atoms with Crippen molar-refractivity contribution < 1.29 is 14.3 Å². The normalized spacial score (nSPS) is 20.6. The van der Waals surface area contributed by atoms with Crippen LogP contribution >= 0.6 is 11.3 Å². The number of esters is 1. The zero-order valence-electron chi connectivity index (χ0n) is 13.1. The summed E-state index contributed by atoms with van der Waals surface area (Å²) in [4.78, 5) is 16.4. The van der Waals surface area contributed by atoms with E-state index < -0.39 is 0 Å². The van der Waals surface area contributed by atoms with Gasteiger partial charge in [0.2, 0.25) is 0 Å². The highest BCUT2D eigenvalue weighted by Crippen LogP contribution is 2.57. The molecule has 2 heterocycles. The van der Waals surface area contributed by atoms with E-state index in [9.17, 15) is 4.79 Å². The van der Waals surface area contributed by atoms with Crippen molar-refractivity contribution >= 4 is 32.7 Å². The van der Waals surface area contributed by atoms with Crippen molar-refractivity contribution in [2.24, 2.45) is 5.41 Å². The van der Waals surface area contributed by atoms with E-state index in [0.717, 1.165) is 54.7 Å². The predicted octanol–water partition coefficient (Wildman–Crippen LogP) is 3.34.